The highest BCUT2D eigenvalue weighted by Gasteiger charge is 2.41. The normalized spacial score (nSPS) is 30.7. The smallest absolute Gasteiger partial charge is 0.145 e. The predicted molar refractivity (Wildman–Crippen MR) is 50.1 cm³/mol. The first-order chi connectivity index (χ1) is 5.36. The number of rotatable bonds is 1. The molecule has 0 radical (unpaired) electrons. The molecule has 1 atom stereocenters. The van der Waals surface area contributed by atoms with E-state index in [1.807, 2.05) is 20.8 Å². The molecule has 2 nitrogen and oxygen atoms in total. The highest BCUT2D eigenvalue weighted by molar-refractivity contribution is 5.89. The first-order valence-electron chi connectivity index (χ1n) is 4.62. The molecule has 1 rings (SSSR count). The second-order valence-corrected chi connectivity index (χ2v) is 5.07. The summed E-state index contributed by atoms with van der Waals surface area (Å²) in [5, 5.41) is 3.24. The van der Waals surface area contributed by atoms with Gasteiger partial charge in [0.15, 0.2) is 0 Å². The maximum atomic E-state index is 11.9. The van der Waals surface area contributed by atoms with Gasteiger partial charge in [0.05, 0.1) is 0 Å². The fourth-order valence-electron chi connectivity index (χ4n) is 1.92. The van der Waals surface area contributed by atoms with Crippen molar-refractivity contribution in [3.05, 3.63) is 0 Å². The van der Waals surface area contributed by atoms with Crippen molar-refractivity contribution in [2.75, 3.05) is 13.1 Å². The molecule has 70 valence electrons. The van der Waals surface area contributed by atoms with E-state index in [4.69, 9.17) is 0 Å². The van der Waals surface area contributed by atoms with E-state index in [1.165, 1.54) is 0 Å². The summed E-state index contributed by atoms with van der Waals surface area (Å²) in [5.74, 6) is 0.389. The van der Waals surface area contributed by atoms with Crippen LogP contribution in [0.2, 0.25) is 0 Å². The van der Waals surface area contributed by atoms with Crippen LogP contribution in [-0.2, 0) is 4.79 Å². The maximum Gasteiger partial charge on any atom is 0.145 e. The molecule has 0 aromatic carbocycles. The third kappa shape index (κ3) is 1.69. The zero-order valence-electron chi connectivity index (χ0n) is 8.53. The summed E-state index contributed by atoms with van der Waals surface area (Å²) in [6, 6.07) is 0. The summed E-state index contributed by atoms with van der Waals surface area (Å²) in [6.45, 7) is 9.90. The summed E-state index contributed by atoms with van der Waals surface area (Å²) >= 11 is 0. The van der Waals surface area contributed by atoms with E-state index in [2.05, 4.69) is 12.2 Å². The first kappa shape index (κ1) is 9.72. The van der Waals surface area contributed by atoms with E-state index in [9.17, 15) is 4.79 Å². The highest BCUT2D eigenvalue weighted by atomic mass is 16.1. The van der Waals surface area contributed by atoms with E-state index in [0.29, 0.717) is 5.78 Å². The average Bonchev–Trinajstić information content (AvgIpc) is 2.34. The molecule has 0 spiro atoms. The maximum absolute atomic E-state index is 11.9. The lowest BCUT2D eigenvalue weighted by molar-refractivity contribution is -0.134. The molecule has 1 fully saturated rings. The van der Waals surface area contributed by atoms with Crippen LogP contribution < -0.4 is 5.32 Å². The summed E-state index contributed by atoms with van der Waals surface area (Å²) in [5.41, 5.74) is -0.307. The zero-order chi connectivity index (χ0) is 9.41. The van der Waals surface area contributed by atoms with Crippen molar-refractivity contribution in [3.63, 3.8) is 0 Å². The topological polar surface area (TPSA) is 29.1 Å². The van der Waals surface area contributed by atoms with Gasteiger partial charge in [0.1, 0.15) is 5.78 Å². The van der Waals surface area contributed by atoms with Crippen LogP contribution in [0.3, 0.4) is 0 Å². The minimum atomic E-state index is -0.194. The Balaban J connectivity index is 2.75. The van der Waals surface area contributed by atoms with Crippen LogP contribution in [0.1, 0.15) is 34.1 Å². The van der Waals surface area contributed by atoms with Gasteiger partial charge in [-0.2, -0.15) is 0 Å². The minimum Gasteiger partial charge on any atom is -0.316 e. The number of ketones is 1. The van der Waals surface area contributed by atoms with E-state index >= 15 is 0 Å². The third-order valence-electron chi connectivity index (χ3n) is 2.60. The van der Waals surface area contributed by atoms with Crippen LogP contribution in [0.15, 0.2) is 0 Å². The number of hydrogen-bond acceptors (Lipinski definition) is 2. The standard InChI is InChI=1S/C10H19NO/c1-9(2,3)8(12)10(4)5-6-11-7-10/h11H,5-7H2,1-4H3. The fourth-order valence-corrected chi connectivity index (χ4v) is 1.92. The predicted octanol–water partition coefficient (Wildman–Crippen LogP) is 1.60. The second-order valence-electron chi connectivity index (χ2n) is 5.07. The quantitative estimate of drug-likeness (QED) is 0.646. The molecular formula is C10H19NO. The molecule has 0 bridgehead atoms. The van der Waals surface area contributed by atoms with Gasteiger partial charge in [-0.05, 0) is 13.0 Å². The molecule has 1 aliphatic rings. The Hall–Kier alpha value is -0.370. The molecule has 2 heteroatoms. The molecule has 0 aliphatic carbocycles. The van der Waals surface area contributed by atoms with Crippen molar-refractivity contribution < 1.29 is 4.79 Å². The van der Waals surface area contributed by atoms with E-state index < -0.39 is 0 Å². The number of nitrogens with one attached hydrogen (secondary N) is 1. The van der Waals surface area contributed by atoms with Gasteiger partial charge in [-0.15, -0.1) is 0 Å². The molecule has 0 aromatic rings. The van der Waals surface area contributed by atoms with Gasteiger partial charge in [0.25, 0.3) is 0 Å². The highest BCUT2D eigenvalue weighted by Crippen LogP contribution is 2.33. The monoisotopic (exact) mass is 169 g/mol. The molecule has 12 heavy (non-hydrogen) atoms. The van der Waals surface area contributed by atoms with Crippen LogP contribution in [-0.4, -0.2) is 18.9 Å². The van der Waals surface area contributed by atoms with Gasteiger partial charge >= 0.3 is 0 Å². The summed E-state index contributed by atoms with van der Waals surface area (Å²) in [4.78, 5) is 11.9. The Labute approximate surface area is 74.7 Å². The number of carbonyl (C=O) groups is 1. The van der Waals surface area contributed by atoms with Crippen LogP contribution in [0.4, 0.5) is 0 Å². The van der Waals surface area contributed by atoms with Gasteiger partial charge in [0.2, 0.25) is 0 Å². The van der Waals surface area contributed by atoms with E-state index in [-0.39, 0.29) is 10.8 Å². The Morgan fingerprint density at radius 1 is 1.42 bits per heavy atom. The van der Waals surface area contributed by atoms with Crippen LogP contribution in [0.5, 0.6) is 0 Å². The summed E-state index contributed by atoms with van der Waals surface area (Å²) < 4.78 is 0. The second kappa shape index (κ2) is 2.84. The summed E-state index contributed by atoms with van der Waals surface area (Å²) in [6.07, 6.45) is 0.989. The van der Waals surface area contributed by atoms with Crippen LogP contribution in [0, 0.1) is 10.8 Å². The van der Waals surface area contributed by atoms with Crippen molar-refractivity contribution in [1.29, 1.82) is 0 Å². The van der Waals surface area contributed by atoms with Crippen molar-refractivity contribution in [1.82, 2.24) is 5.32 Å². The van der Waals surface area contributed by atoms with E-state index in [0.717, 1.165) is 19.5 Å². The molecule has 1 N–H and O–H groups in total. The summed E-state index contributed by atoms with van der Waals surface area (Å²) in [7, 11) is 0. The Kier molecular flexibility index (Phi) is 2.30. The minimum absolute atomic E-state index is 0.113. The molecule has 0 aromatic heterocycles. The molecule has 1 saturated heterocycles. The first-order valence-corrected chi connectivity index (χ1v) is 4.62. The Morgan fingerprint density at radius 3 is 2.33 bits per heavy atom. The van der Waals surface area contributed by atoms with Crippen molar-refractivity contribution in [2.45, 2.75) is 34.1 Å². The van der Waals surface area contributed by atoms with Gasteiger partial charge in [-0.1, -0.05) is 27.7 Å². The fraction of sp³-hybridized carbons (Fsp3) is 0.900. The molecule has 1 heterocycles. The molecular weight excluding hydrogens is 150 g/mol. The Bertz CT molecular complexity index is 185. The number of hydrogen-bond donors (Lipinski definition) is 1. The van der Waals surface area contributed by atoms with Crippen molar-refractivity contribution >= 4 is 5.78 Å². The molecule has 1 unspecified atom stereocenters. The largest absolute Gasteiger partial charge is 0.316 e. The van der Waals surface area contributed by atoms with Crippen molar-refractivity contribution in [3.8, 4) is 0 Å². The SMILES string of the molecule is CC(C)(C)C(=O)C1(C)CCNC1. The molecule has 0 amide bonds. The lowest BCUT2D eigenvalue weighted by atomic mass is 9.73. The van der Waals surface area contributed by atoms with Crippen molar-refractivity contribution in [2.24, 2.45) is 10.8 Å². The third-order valence-corrected chi connectivity index (χ3v) is 2.60. The van der Waals surface area contributed by atoms with Gasteiger partial charge in [0, 0.05) is 17.4 Å². The van der Waals surface area contributed by atoms with Crippen LogP contribution in [0.25, 0.3) is 0 Å². The Morgan fingerprint density at radius 2 is 2.00 bits per heavy atom. The van der Waals surface area contributed by atoms with Gasteiger partial charge in [-0.3, -0.25) is 4.79 Å². The lowest BCUT2D eigenvalue weighted by Gasteiger charge is -2.29. The average molecular weight is 169 g/mol. The van der Waals surface area contributed by atoms with Gasteiger partial charge in [-0.25, -0.2) is 0 Å². The van der Waals surface area contributed by atoms with E-state index in [1.54, 1.807) is 0 Å². The molecule has 1 aliphatic heterocycles. The lowest BCUT2D eigenvalue weighted by Crippen LogP contribution is -2.38. The van der Waals surface area contributed by atoms with Gasteiger partial charge < -0.3 is 5.32 Å². The van der Waals surface area contributed by atoms with Crippen LogP contribution >= 0.6 is 0 Å². The zero-order valence-corrected chi connectivity index (χ0v) is 8.53. The number of Topliss-reactive ketones (excluding diaryl/α,β-unsaturated/α-hetero) is 1. The molecule has 0 saturated carbocycles. The number of carbonyl (C=O) groups excluding carboxylic acids is 1.